The fourth-order valence-electron chi connectivity index (χ4n) is 2.73. The van der Waals surface area contributed by atoms with Gasteiger partial charge < -0.3 is 14.2 Å². The van der Waals surface area contributed by atoms with Crippen molar-refractivity contribution < 1.29 is 9.53 Å². The van der Waals surface area contributed by atoms with E-state index in [2.05, 4.69) is 0 Å². The molecule has 1 aliphatic heterocycles. The van der Waals surface area contributed by atoms with Gasteiger partial charge >= 0.3 is 0 Å². The topological polar surface area (TPSA) is 34.5 Å². The first-order valence-corrected chi connectivity index (χ1v) is 7.84. The monoisotopic (exact) mass is 318 g/mol. The summed E-state index contributed by atoms with van der Waals surface area (Å²) in [4.78, 5) is 14.3. The van der Waals surface area contributed by atoms with Crippen LogP contribution >= 0.6 is 11.6 Å². The van der Waals surface area contributed by atoms with Crippen LogP contribution < -0.4 is 4.74 Å². The van der Waals surface area contributed by atoms with Gasteiger partial charge in [-0.1, -0.05) is 11.6 Å². The summed E-state index contributed by atoms with van der Waals surface area (Å²) in [7, 11) is 1.89. The molecule has 3 rings (SSSR count). The van der Waals surface area contributed by atoms with Crippen molar-refractivity contribution in [3.05, 3.63) is 53.3 Å². The lowest BCUT2D eigenvalue weighted by Crippen LogP contribution is -2.42. The minimum absolute atomic E-state index is 0.0949. The second-order valence-electron chi connectivity index (χ2n) is 5.57. The van der Waals surface area contributed by atoms with Crippen LogP contribution in [0.15, 0.2) is 42.6 Å². The van der Waals surface area contributed by atoms with Crippen LogP contribution in [0.5, 0.6) is 5.75 Å². The fraction of sp³-hybridized carbons (Fsp3) is 0.353. The number of carbonyl (C=O) groups is 1. The Morgan fingerprint density at radius 2 is 1.86 bits per heavy atom. The number of aromatic nitrogens is 1. The molecule has 116 valence electrons. The number of carbonyl (C=O) groups excluding carboxylic acids is 1. The number of hydrogen-bond acceptors (Lipinski definition) is 2. The number of halogens is 1. The van der Waals surface area contributed by atoms with Crippen LogP contribution in [0.1, 0.15) is 23.3 Å². The highest BCUT2D eigenvalue weighted by atomic mass is 35.5. The molecule has 4 nitrogen and oxygen atoms in total. The predicted molar refractivity (Wildman–Crippen MR) is 86.4 cm³/mol. The van der Waals surface area contributed by atoms with Crippen molar-refractivity contribution in [1.82, 2.24) is 9.47 Å². The summed E-state index contributed by atoms with van der Waals surface area (Å²) in [5, 5.41) is 0.704. The smallest absolute Gasteiger partial charge is 0.270 e. The molecule has 1 aromatic heterocycles. The summed E-state index contributed by atoms with van der Waals surface area (Å²) in [6, 6.07) is 11.2. The first-order valence-electron chi connectivity index (χ1n) is 7.46. The molecule has 2 heterocycles. The maximum atomic E-state index is 12.4. The first-order chi connectivity index (χ1) is 10.6. The van der Waals surface area contributed by atoms with Gasteiger partial charge in [0.2, 0.25) is 0 Å². The molecule has 0 bridgehead atoms. The zero-order valence-electron chi connectivity index (χ0n) is 12.5. The Balaban J connectivity index is 1.55. The van der Waals surface area contributed by atoms with Crippen molar-refractivity contribution in [3.63, 3.8) is 0 Å². The molecule has 0 saturated carbocycles. The Labute approximate surface area is 135 Å². The lowest BCUT2D eigenvalue weighted by molar-refractivity contribution is 0.0587. The van der Waals surface area contributed by atoms with E-state index in [0.29, 0.717) is 5.02 Å². The van der Waals surface area contributed by atoms with Crippen LogP contribution in [-0.2, 0) is 7.05 Å². The molecular formula is C17H19ClN2O2. The van der Waals surface area contributed by atoms with E-state index in [-0.39, 0.29) is 12.0 Å². The molecular weight excluding hydrogens is 300 g/mol. The van der Waals surface area contributed by atoms with E-state index in [0.717, 1.165) is 37.4 Å². The van der Waals surface area contributed by atoms with Crippen LogP contribution in [0, 0.1) is 0 Å². The summed E-state index contributed by atoms with van der Waals surface area (Å²) in [5.74, 6) is 0.925. The van der Waals surface area contributed by atoms with Gasteiger partial charge in [0.25, 0.3) is 5.91 Å². The van der Waals surface area contributed by atoms with Gasteiger partial charge in [-0.05, 0) is 36.4 Å². The standard InChI is InChI=1S/C17H19ClN2O2/c1-19-10-2-3-16(19)17(21)20-11-8-15(9-12-20)22-14-6-4-13(18)5-7-14/h2-7,10,15H,8-9,11-12H2,1H3. The summed E-state index contributed by atoms with van der Waals surface area (Å²) < 4.78 is 7.81. The van der Waals surface area contributed by atoms with Crippen molar-refractivity contribution >= 4 is 17.5 Å². The average molecular weight is 319 g/mol. The lowest BCUT2D eigenvalue weighted by atomic mass is 10.1. The minimum Gasteiger partial charge on any atom is -0.490 e. The van der Waals surface area contributed by atoms with Gasteiger partial charge in [-0.15, -0.1) is 0 Å². The van der Waals surface area contributed by atoms with E-state index < -0.39 is 0 Å². The molecule has 1 aromatic carbocycles. The van der Waals surface area contributed by atoms with Crippen molar-refractivity contribution in [2.45, 2.75) is 18.9 Å². The van der Waals surface area contributed by atoms with Gasteiger partial charge in [0.1, 0.15) is 17.5 Å². The van der Waals surface area contributed by atoms with Gasteiger partial charge in [0, 0.05) is 44.2 Å². The Morgan fingerprint density at radius 3 is 2.45 bits per heavy atom. The van der Waals surface area contributed by atoms with E-state index in [1.165, 1.54) is 0 Å². The van der Waals surface area contributed by atoms with E-state index in [4.69, 9.17) is 16.3 Å². The number of benzene rings is 1. The minimum atomic E-state index is 0.0949. The largest absolute Gasteiger partial charge is 0.490 e. The second kappa shape index (κ2) is 6.44. The molecule has 22 heavy (non-hydrogen) atoms. The highest BCUT2D eigenvalue weighted by Gasteiger charge is 2.25. The van der Waals surface area contributed by atoms with Crippen molar-refractivity contribution in [3.8, 4) is 5.75 Å². The van der Waals surface area contributed by atoms with Gasteiger partial charge in [-0.25, -0.2) is 0 Å². The summed E-state index contributed by atoms with van der Waals surface area (Å²) >= 11 is 5.87. The lowest BCUT2D eigenvalue weighted by Gasteiger charge is -2.32. The van der Waals surface area contributed by atoms with Crippen LogP contribution in [0.4, 0.5) is 0 Å². The molecule has 1 amide bonds. The fourth-order valence-corrected chi connectivity index (χ4v) is 2.85. The molecule has 5 heteroatoms. The normalized spacial score (nSPS) is 15.8. The number of rotatable bonds is 3. The van der Waals surface area contributed by atoms with E-state index in [9.17, 15) is 4.79 Å². The highest BCUT2D eigenvalue weighted by molar-refractivity contribution is 6.30. The van der Waals surface area contributed by atoms with Gasteiger partial charge in [0.05, 0.1) is 0 Å². The molecule has 1 aliphatic rings. The van der Waals surface area contributed by atoms with Crippen molar-refractivity contribution in [1.29, 1.82) is 0 Å². The van der Waals surface area contributed by atoms with Crippen LogP contribution in [0.3, 0.4) is 0 Å². The molecule has 0 spiro atoms. The van der Waals surface area contributed by atoms with E-state index >= 15 is 0 Å². The van der Waals surface area contributed by atoms with Crippen molar-refractivity contribution in [2.75, 3.05) is 13.1 Å². The first kappa shape index (κ1) is 15.0. The zero-order valence-corrected chi connectivity index (χ0v) is 13.3. The molecule has 0 N–H and O–H groups in total. The Kier molecular flexibility index (Phi) is 4.39. The number of nitrogens with zero attached hydrogens (tertiary/aromatic N) is 2. The molecule has 1 fully saturated rings. The summed E-state index contributed by atoms with van der Waals surface area (Å²) in [6.07, 6.45) is 3.74. The molecule has 0 radical (unpaired) electrons. The maximum Gasteiger partial charge on any atom is 0.270 e. The second-order valence-corrected chi connectivity index (χ2v) is 6.00. The van der Waals surface area contributed by atoms with E-state index in [1.807, 2.05) is 59.1 Å². The Bertz CT molecular complexity index is 643. The summed E-state index contributed by atoms with van der Waals surface area (Å²) in [6.45, 7) is 1.45. The Hall–Kier alpha value is -1.94. The number of aryl methyl sites for hydroxylation is 1. The third-order valence-corrected chi connectivity index (χ3v) is 4.26. The molecule has 0 atom stereocenters. The number of hydrogen-bond donors (Lipinski definition) is 0. The molecule has 0 unspecified atom stereocenters. The Morgan fingerprint density at radius 1 is 1.18 bits per heavy atom. The molecule has 1 saturated heterocycles. The number of amides is 1. The number of likely N-dealkylation sites (tertiary alicyclic amines) is 1. The SMILES string of the molecule is Cn1cccc1C(=O)N1CCC(Oc2ccc(Cl)cc2)CC1. The molecule has 2 aromatic rings. The highest BCUT2D eigenvalue weighted by Crippen LogP contribution is 2.21. The maximum absolute atomic E-state index is 12.4. The predicted octanol–water partition coefficient (Wildman–Crippen LogP) is 3.36. The number of ether oxygens (including phenoxy) is 1. The van der Waals surface area contributed by atoms with Gasteiger partial charge in [-0.3, -0.25) is 4.79 Å². The van der Waals surface area contributed by atoms with E-state index in [1.54, 1.807) is 0 Å². The quantitative estimate of drug-likeness (QED) is 0.869. The average Bonchev–Trinajstić information content (AvgIpc) is 2.96. The van der Waals surface area contributed by atoms with Crippen LogP contribution in [0.2, 0.25) is 5.02 Å². The van der Waals surface area contributed by atoms with Gasteiger partial charge in [-0.2, -0.15) is 0 Å². The van der Waals surface area contributed by atoms with Crippen LogP contribution in [-0.4, -0.2) is 34.6 Å². The zero-order chi connectivity index (χ0) is 15.5. The van der Waals surface area contributed by atoms with Gasteiger partial charge in [0.15, 0.2) is 0 Å². The summed E-state index contributed by atoms with van der Waals surface area (Å²) in [5.41, 5.74) is 0.733. The third-order valence-electron chi connectivity index (χ3n) is 4.01. The number of piperidine rings is 1. The molecule has 0 aliphatic carbocycles. The van der Waals surface area contributed by atoms with Crippen LogP contribution in [0.25, 0.3) is 0 Å². The van der Waals surface area contributed by atoms with Crippen molar-refractivity contribution in [2.24, 2.45) is 7.05 Å². The third kappa shape index (κ3) is 3.28.